The van der Waals surface area contributed by atoms with Crippen molar-refractivity contribution in [1.29, 1.82) is 0 Å². The number of para-hydroxylation sites is 1. The van der Waals surface area contributed by atoms with E-state index in [2.05, 4.69) is 4.98 Å². The number of hydrogen-bond acceptors (Lipinski definition) is 5. The van der Waals surface area contributed by atoms with Crippen molar-refractivity contribution in [2.24, 2.45) is 0 Å². The number of carbonyl (C=O) groups is 2. The largest absolute Gasteiger partial charge is 0.507 e. The summed E-state index contributed by atoms with van der Waals surface area (Å²) in [4.78, 5) is 32.2. The molecule has 7 nitrogen and oxygen atoms in total. The molecule has 1 atom stereocenters. The smallest absolute Gasteiger partial charge is 0.300 e. The number of amides is 1. The monoisotopic (exact) mass is 530 g/mol. The second-order valence-electron chi connectivity index (χ2n) is 9.33. The zero-order valence-corrected chi connectivity index (χ0v) is 22.4. The van der Waals surface area contributed by atoms with Gasteiger partial charge in [-0.1, -0.05) is 35.9 Å². The predicted octanol–water partition coefficient (Wildman–Crippen LogP) is 6.39. The summed E-state index contributed by atoms with van der Waals surface area (Å²) in [6.45, 7) is 5.82. The molecule has 38 heavy (non-hydrogen) atoms. The number of halogens is 1. The minimum absolute atomic E-state index is 0.0550. The summed E-state index contributed by atoms with van der Waals surface area (Å²) in [6.07, 6.45) is 0. The van der Waals surface area contributed by atoms with E-state index in [0.717, 1.165) is 33.3 Å². The van der Waals surface area contributed by atoms with E-state index in [1.807, 2.05) is 63.2 Å². The number of nitrogens with zero attached hydrogens (tertiary/aromatic N) is 1. The molecule has 1 aliphatic rings. The summed E-state index contributed by atoms with van der Waals surface area (Å²) < 4.78 is 10.8. The van der Waals surface area contributed by atoms with E-state index in [0.29, 0.717) is 11.4 Å². The second kappa shape index (κ2) is 9.58. The number of methoxy groups -OCH3 is 2. The Morgan fingerprint density at radius 2 is 1.66 bits per heavy atom. The van der Waals surface area contributed by atoms with E-state index in [4.69, 9.17) is 21.1 Å². The van der Waals surface area contributed by atoms with Gasteiger partial charge in [-0.2, -0.15) is 0 Å². The number of rotatable bonds is 5. The van der Waals surface area contributed by atoms with E-state index < -0.39 is 17.7 Å². The highest BCUT2D eigenvalue weighted by Crippen LogP contribution is 2.47. The minimum Gasteiger partial charge on any atom is -0.507 e. The average molecular weight is 531 g/mol. The Balaban J connectivity index is 1.84. The minimum atomic E-state index is -0.904. The number of anilines is 1. The van der Waals surface area contributed by atoms with Crippen LogP contribution < -0.4 is 14.4 Å². The number of ketones is 1. The molecule has 2 heterocycles. The summed E-state index contributed by atoms with van der Waals surface area (Å²) >= 11 is 6.39. The summed E-state index contributed by atoms with van der Waals surface area (Å²) in [5, 5.41) is 12.8. The number of hydrogen-bond donors (Lipinski definition) is 2. The van der Waals surface area contributed by atoms with Crippen LogP contribution in [0.2, 0.25) is 5.02 Å². The lowest BCUT2D eigenvalue weighted by Gasteiger charge is -2.26. The first-order valence-electron chi connectivity index (χ1n) is 12.0. The average Bonchev–Trinajstić information content (AvgIpc) is 3.37. The van der Waals surface area contributed by atoms with Crippen molar-refractivity contribution in [3.05, 3.63) is 93.1 Å². The van der Waals surface area contributed by atoms with Gasteiger partial charge in [-0.15, -0.1) is 0 Å². The number of carbonyl (C=O) groups excluding carboxylic acids is 2. The van der Waals surface area contributed by atoms with Gasteiger partial charge in [0.2, 0.25) is 0 Å². The molecule has 8 heteroatoms. The molecule has 4 aromatic rings. The fraction of sp³-hybridized carbons (Fsp3) is 0.200. The molecule has 1 saturated heterocycles. The van der Waals surface area contributed by atoms with Crippen LogP contribution in [-0.2, 0) is 9.59 Å². The number of Topliss-reactive ketones (excluding diaryl/α,β-unsaturated/α-hetero) is 1. The van der Waals surface area contributed by atoms with Crippen molar-refractivity contribution in [1.82, 2.24) is 4.98 Å². The Hall–Kier alpha value is -4.23. The zero-order chi connectivity index (χ0) is 27.3. The number of ether oxygens (including phenoxy) is 2. The first-order valence-corrected chi connectivity index (χ1v) is 12.4. The maximum atomic E-state index is 13.7. The molecule has 1 fully saturated rings. The standard InChI is InChI=1S/C30H27ClN2O5/c1-15-10-11-18(12-16(15)2)33-27(25-17(3)32-22-9-7-6-8-19(22)25)26(29(35)30(33)36)28(34)20-13-21(31)24(38-5)14-23(20)37-4/h6-14,27,32,34H,1-5H3/b28-26+. The number of aromatic amines is 1. The molecule has 1 unspecified atom stereocenters. The van der Waals surface area contributed by atoms with Crippen LogP contribution in [0.1, 0.15) is 34.0 Å². The lowest BCUT2D eigenvalue weighted by molar-refractivity contribution is -0.132. The summed E-state index contributed by atoms with van der Waals surface area (Å²) in [7, 11) is 2.91. The first-order chi connectivity index (χ1) is 18.2. The van der Waals surface area contributed by atoms with Crippen LogP contribution in [0, 0.1) is 20.8 Å². The van der Waals surface area contributed by atoms with Crippen molar-refractivity contribution in [3.63, 3.8) is 0 Å². The molecule has 5 rings (SSSR count). The van der Waals surface area contributed by atoms with E-state index in [9.17, 15) is 14.7 Å². The Morgan fingerprint density at radius 1 is 0.947 bits per heavy atom. The third kappa shape index (κ3) is 3.90. The molecule has 0 spiro atoms. The number of aromatic nitrogens is 1. The number of nitrogens with one attached hydrogen (secondary N) is 1. The molecule has 1 aliphatic heterocycles. The first kappa shape index (κ1) is 25.4. The Morgan fingerprint density at radius 3 is 2.34 bits per heavy atom. The van der Waals surface area contributed by atoms with Gasteiger partial charge in [-0.3, -0.25) is 14.5 Å². The van der Waals surface area contributed by atoms with Gasteiger partial charge in [-0.05, 0) is 56.2 Å². The number of H-pyrrole nitrogens is 1. The Labute approximate surface area is 225 Å². The quantitative estimate of drug-likeness (QED) is 0.177. The molecule has 2 N–H and O–H groups in total. The fourth-order valence-electron chi connectivity index (χ4n) is 5.09. The fourth-order valence-corrected chi connectivity index (χ4v) is 5.33. The number of aliphatic hydroxyl groups is 1. The van der Waals surface area contributed by atoms with Gasteiger partial charge >= 0.3 is 0 Å². The normalized spacial score (nSPS) is 16.9. The van der Waals surface area contributed by atoms with E-state index in [-0.39, 0.29) is 27.7 Å². The second-order valence-corrected chi connectivity index (χ2v) is 9.74. The van der Waals surface area contributed by atoms with Crippen molar-refractivity contribution in [2.75, 3.05) is 19.1 Å². The molecular weight excluding hydrogens is 504 g/mol. The molecule has 194 valence electrons. The molecule has 0 bridgehead atoms. The highest BCUT2D eigenvalue weighted by atomic mass is 35.5. The van der Waals surface area contributed by atoms with Crippen molar-refractivity contribution in [3.8, 4) is 11.5 Å². The van der Waals surface area contributed by atoms with Crippen LogP contribution in [0.3, 0.4) is 0 Å². The lowest BCUT2D eigenvalue weighted by Crippen LogP contribution is -2.29. The van der Waals surface area contributed by atoms with Gasteiger partial charge in [0.25, 0.3) is 11.7 Å². The molecular formula is C30H27ClN2O5. The third-order valence-corrected chi connectivity index (χ3v) is 7.45. The van der Waals surface area contributed by atoms with Crippen molar-refractivity contribution in [2.45, 2.75) is 26.8 Å². The number of aryl methyl sites for hydroxylation is 3. The van der Waals surface area contributed by atoms with E-state index >= 15 is 0 Å². The Bertz CT molecular complexity index is 1650. The number of aliphatic hydroxyl groups excluding tert-OH is 1. The summed E-state index contributed by atoms with van der Waals surface area (Å²) in [5.41, 5.74) is 5.07. The zero-order valence-electron chi connectivity index (χ0n) is 21.7. The summed E-state index contributed by atoms with van der Waals surface area (Å²) in [5.74, 6) is -1.33. The third-order valence-electron chi connectivity index (χ3n) is 7.16. The van der Waals surface area contributed by atoms with Crippen LogP contribution in [0.15, 0.2) is 60.2 Å². The molecule has 0 radical (unpaired) electrons. The lowest BCUT2D eigenvalue weighted by atomic mass is 9.92. The molecule has 1 amide bonds. The summed E-state index contributed by atoms with van der Waals surface area (Å²) in [6, 6.07) is 15.4. The van der Waals surface area contributed by atoms with Gasteiger partial charge in [-0.25, -0.2) is 0 Å². The van der Waals surface area contributed by atoms with Gasteiger partial charge in [0, 0.05) is 33.9 Å². The molecule has 0 aliphatic carbocycles. The maximum Gasteiger partial charge on any atom is 0.300 e. The van der Waals surface area contributed by atoms with Gasteiger partial charge in [0.15, 0.2) is 0 Å². The predicted molar refractivity (Wildman–Crippen MR) is 148 cm³/mol. The van der Waals surface area contributed by atoms with Gasteiger partial charge in [0.05, 0.1) is 36.4 Å². The Kier molecular flexibility index (Phi) is 6.41. The van der Waals surface area contributed by atoms with E-state index in [1.165, 1.54) is 31.3 Å². The van der Waals surface area contributed by atoms with Gasteiger partial charge in [0.1, 0.15) is 17.3 Å². The molecule has 0 saturated carbocycles. The van der Waals surface area contributed by atoms with Crippen LogP contribution in [-0.4, -0.2) is 36.0 Å². The topological polar surface area (TPSA) is 91.9 Å². The highest BCUT2D eigenvalue weighted by Gasteiger charge is 2.48. The van der Waals surface area contributed by atoms with Crippen molar-refractivity contribution >= 4 is 45.6 Å². The van der Waals surface area contributed by atoms with Crippen LogP contribution in [0.25, 0.3) is 16.7 Å². The van der Waals surface area contributed by atoms with Crippen LogP contribution in [0.5, 0.6) is 11.5 Å². The maximum absolute atomic E-state index is 13.7. The number of benzene rings is 3. The van der Waals surface area contributed by atoms with Crippen molar-refractivity contribution < 1.29 is 24.2 Å². The SMILES string of the molecule is COc1cc(OC)c(/C(O)=C2\C(=O)C(=O)N(c3ccc(C)c(C)c3)C2c2c(C)[nH]c3ccccc23)cc1Cl. The highest BCUT2D eigenvalue weighted by molar-refractivity contribution is 6.52. The van der Waals surface area contributed by atoms with Gasteiger partial charge < -0.3 is 19.6 Å². The number of fused-ring (bicyclic) bond motifs is 1. The molecule has 3 aromatic carbocycles. The molecule has 1 aromatic heterocycles. The van der Waals surface area contributed by atoms with E-state index in [1.54, 1.807) is 0 Å². The van der Waals surface area contributed by atoms with Crippen LogP contribution in [0.4, 0.5) is 5.69 Å². The van der Waals surface area contributed by atoms with Crippen LogP contribution >= 0.6 is 11.6 Å².